The van der Waals surface area contributed by atoms with Gasteiger partial charge in [0.2, 0.25) is 0 Å². The van der Waals surface area contributed by atoms with Crippen LogP contribution in [0.2, 0.25) is 0 Å². The largest absolute Gasteiger partial charge is 0.313 e. The molecule has 0 unspecified atom stereocenters. The van der Waals surface area contributed by atoms with E-state index in [9.17, 15) is 0 Å². The van der Waals surface area contributed by atoms with E-state index in [0.29, 0.717) is 0 Å². The second kappa shape index (κ2) is 6.18. The third kappa shape index (κ3) is 4.88. The smallest absolute Gasteiger partial charge is 0.0104 e. The van der Waals surface area contributed by atoms with E-state index >= 15 is 0 Å². The number of hydrogen-bond acceptors (Lipinski definition) is 2. The lowest BCUT2D eigenvalue weighted by Crippen LogP contribution is -2.31. The molecule has 2 heteroatoms. The van der Waals surface area contributed by atoms with Crippen molar-refractivity contribution in [2.45, 2.75) is 32.2 Å². The van der Waals surface area contributed by atoms with Gasteiger partial charge >= 0.3 is 0 Å². The van der Waals surface area contributed by atoms with Crippen LogP contribution in [0.1, 0.15) is 24.0 Å². The molecule has 0 heterocycles. The molecule has 0 aromatic heterocycles. The number of aryl methyl sites for hydroxylation is 1. The first-order valence-corrected chi connectivity index (χ1v) is 6.71. The Kier molecular flexibility index (Phi) is 4.57. The van der Waals surface area contributed by atoms with Gasteiger partial charge in [-0.3, -0.25) is 0 Å². The standard InChI is InChI=1S/C15H24N2/c1-13-3-5-14(6-4-13)9-11-17(2)12-10-16-15-7-8-15/h3-6,15-16H,7-12H2,1-2H3. The van der Waals surface area contributed by atoms with Crippen molar-refractivity contribution in [2.75, 3.05) is 26.7 Å². The van der Waals surface area contributed by atoms with E-state index in [-0.39, 0.29) is 0 Å². The quantitative estimate of drug-likeness (QED) is 0.775. The molecule has 1 aliphatic carbocycles. The summed E-state index contributed by atoms with van der Waals surface area (Å²) in [5, 5.41) is 3.55. The molecule has 1 aromatic carbocycles. The molecule has 1 fully saturated rings. The van der Waals surface area contributed by atoms with Crippen LogP contribution in [-0.2, 0) is 6.42 Å². The van der Waals surface area contributed by atoms with Crippen LogP contribution in [0.25, 0.3) is 0 Å². The first kappa shape index (κ1) is 12.6. The molecule has 0 bridgehead atoms. The Balaban J connectivity index is 1.60. The fraction of sp³-hybridized carbons (Fsp3) is 0.600. The summed E-state index contributed by atoms with van der Waals surface area (Å²) in [6.45, 7) is 5.58. The van der Waals surface area contributed by atoms with E-state index in [1.165, 1.54) is 24.0 Å². The average Bonchev–Trinajstić information content (AvgIpc) is 3.12. The number of hydrogen-bond donors (Lipinski definition) is 1. The number of benzene rings is 1. The first-order chi connectivity index (χ1) is 8.24. The van der Waals surface area contributed by atoms with Gasteiger partial charge in [-0.15, -0.1) is 0 Å². The van der Waals surface area contributed by atoms with Crippen LogP contribution in [-0.4, -0.2) is 37.6 Å². The normalized spacial score (nSPS) is 15.5. The van der Waals surface area contributed by atoms with Crippen LogP contribution in [0.15, 0.2) is 24.3 Å². The molecule has 0 radical (unpaired) electrons. The summed E-state index contributed by atoms with van der Waals surface area (Å²) in [6.07, 6.45) is 3.92. The third-order valence-corrected chi connectivity index (χ3v) is 3.41. The number of nitrogens with zero attached hydrogens (tertiary/aromatic N) is 1. The van der Waals surface area contributed by atoms with Gasteiger partial charge in [-0.05, 0) is 38.8 Å². The molecule has 2 rings (SSSR count). The zero-order chi connectivity index (χ0) is 12.1. The minimum Gasteiger partial charge on any atom is -0.313 e. The lowest BCUT2D eigenvalue weighted by atomic mass is 10.1. The Morgan fingerprint density at radius 3 is 2.53 bits per heavy atom. The van der Waals surface area contributed by atoms with E-state index in [1.807, 2.05) is 0 Å². The van der Waals surface area contributed by atoms with Crippen molar-refractivity contribution in [3.63, 3.8) is 0 Å². The van der Waals surface area contributed by atoms with Crippen LogP contribution >= 0.6 is 0 Å². The predicted octanol–water partition coefficient (Wildman–Crippen LogP) is 2.22. The van der Waals surface area contributed by atoms with Crippen LogP contribution in [0.3, 0.4) is 0 Å². The molecule has 0 spiro atoms. The minimum atomic E-state index is 0.834. The summed E-state index contributed by atoms with van der Waals surface area (Å²) >= 11 is 0. The maximum absolute atomic E-state index is 3.55. The Bertz CT molecular complexity index is 327. The summed E-state index contributed by atoms with van der Waals surface area (Å²) in [4.78, 5) is 2.41. The number of nitrogens with one attached hydrogen (secondary N) is 1. The molecule has 2 nitrogen and oxygen atoms in total. The Morgan fingerprint density at radius 1 is 1.18 bits per heavy atom. The lowest BCUT2D eigenvalue weighted by molar-refractivity contribution is 0.335. The van der Waals surface area contributed by atoms with Crippen LogP contribution in [0, 0.1) is 6.92 Å². The van der Waals surface area contributed by atoms with E-state index in [1.54, 1.807) is 0 Å². The highest BCUT2D eigenvalue weighted by Crippen LogP contribution is 2.17. The van der Waals surface area contributed by atoms with Crippen molar-refractivity contribution in [1.29, 1.82) is 0 Å². The molecular formula is C15H24N2. The average molecular weight is 232 g/mol. The Hall–Kier alpha value is -0.860. The highest BCUT2D eigenvalue weighted by Gasteiger charge is 2.19. The third-order valence-electron chi connectivity index (χ3n) is 3.41. The summed E-state index contributed by atoms with van der Waals surface area (Å²) in [6, 6.07) is 9.71. The molecule has 1 saturated carbocycles. The van der Waals surface area contributed by atoms with Gasteiger partial charge in [0.1, 0.15) is 0 Å². The molecule has 1 aliphatic rings. The van der Waals surface area contributed by atoms with Gasteiger partial charge in [0.05, 0.1) is 0 Å². The molecule has 0 aliphatic heterocycles. The molecule has 0 saturated heterocycles. The second-order valence-electron chi connectivity index (χ2n) is 5.27. The van der Waals surface area contributed by atoms with Crippen molar-refractivity contribution in [1.82, 2.24) is 10.2 Å². The van der Waals surface area contributed by atoms with Crippen molar-refractivity contribution < 1.29 is 0 Å². The van der Waals surface area contributed by atoms with Crippen molar-refractivity contribution in [3.05, 3.63) is 35.4 Å². The van der Waals surface area contributed by atoms with Gasteiger partial charge < -0.3 is 10.2 Å². The van der Waals surface area contributed by atoms with E-state index < -0.39 is 0 Å². The van der Waals surface area contributed by atoms with Gasteiger partial charge in [-0.25, -0.2) is 0 Å². The van der Waals surface area contributed by atoms with E-state index in [2.05, 4.69) is 48.5 Å². The molecule has 0 atom stereocenters. The van der Waals surface area contributed by atoms with Crippen molar-refractivity contribution >= 4 is 0 Å². The minimum absolute atomic E-state index is 0.834. The summed E-state index contributed by atoms with van der Waals surface area (Å²) in [7, 11) is 2.21. The molecule has 94 valence electrons. The molecular weight excluding hydrogens is 208 g/mol. The number of likely N-dealkylation sites (N-methyl/N-ethyl adjacent to an activating group) is 1. The first-order valence-electron chi connectivity index (χ1n) is 6.71. The van der Waals surface area contributed by atoms with Gasteiger partial charge in [0.15, 0.2) is 0 Å². The molecule has 0 amide bonds. The Morgan fingerprint density at radius 2 is 1.88 bits per heavy atom. The maximum Gasteiger partial charge on any atom is 0.0104 e. The predicted molar refractivity (Wildman–Crippen MR) is 73.4 cm³/mol. The summed E-state index contributed by atoms with van der Waals surface area (Å²) in [5.41, 5.74) is 2.79. The summed E-state index contributed by atoms with van der Waals surface area (Å²) < 4.78 is 0. The van der Waals surface area contributed by atoms with Gasteiger partial charge in [0, 0.05) is 25.7 Å². The SMILES string of the molecule is Cc1ccc(CCN(C)CCNC2CC2)cc1. The van der Waals surface area contributed by atoms with E-state index in [4.69, 9.17) is 0 Å². The van der Waals surface area contributed by atoms with Crippen molar-refractivity contribution in [3.8, 4) is 0 Å². The highest BCUT2D eigenvalue weighted by molar-refractivity contribution is 5.21. The van der Waals surface area contributed by atoms with Crippen LogP contribution in [0.5, 0.6) is 0 Å². The number of rotatable bonds is 7. The Labute approximate surface area is 105 Å². The molecule has 1 aromatic rings. The van der Waals surface area contributed by atoms with Crippen molar-refractivity contribution in [2.24, 2.45) is 0 Å². The topological polar surface area (TPSA) is 15.3 Å². The zero-order valence-corrected chi connectivity index (χ0v) is 11.1. The van der Waals surface area contributed by atoms with Crippen LogP contribution < -0.4 is 5.32 Å². The van der Waals surface area contributed by atoms with Crippen LogP contribution in [0.4, 0.5) is 0 Å². The fourth-order valence-corrected chi connectivity index (χ4v) is 1.93. The lowest BCUT2D eigenvalue weighted by Gasteiger charge is -2.16. The monoisotopic (exact) mass is 232 g/mol. The maximum atomic E-state index is 3.55. The fourth-order valence-electron chi connectivity index (χ4n) is 1.93. The highest BCUT2D eigenvalue weighted by atomic mass is 15.1. The van der Waals surface area contributed by atoms with E-state index in [0.717, 1.165) is 32.1 Å². The van der Waals surface area contributed by atoms with Gasteiger partial charge in [-0.2, -0.15) is 0 Å². The zero-order valence-electron chi connectivity index (χ0n) is 11.1. The van der Waals surface area contributed by atoms with Gasteiger partial charge in [0.25, 0.3) is 0 Å². The van der Waals surface area contributed by atoms with Gasteiger partial charge in [-0.1, -0.05) is 29.8 Å². The molecule has 1 N–H and O–H groups in total. The molecule has 17 heavy (non-hydrogen) atoms. The summed E-state index contributed by atoms with van der Waals surface area (Å²) in [5.74, 6) is 0. The second-order valence-corrected chi connectivity index (χ2v) is 5.27.